The van der Waals surface area contributed by atoms with Crippen molar-refractivity contribution in [3.63, 3.8) is 0 Å². The average Bonchev–Trinajstić information content (AvgIpc) is 1.54. The molecule has 0 bridgehead atoms. The lowest BCUT2D eigenvalue weighted by Crippen LogP contribution is -2.03. The zero-order valence-electron chi connectivity index (χ0n) is 56.9. The third kappa shape index (κ3) is 10.0. The van der Waals surface area contributed by atoms with E-state index in [4.69, 9.17) is 21.6 Å². The van der Waals surface area contributed by atoms with Crippen molar-refractivity contribution in [2.24, 2.45) is 0 Å². The number of nitrogens with zero attached hydrogens (tertiary/aromatic N) is 5. The third-order valence-electron chi connectivity index (χ3n) is 21.3. The van der Waals surface area contributed by atoms with E-state index in [9.17, 15) is 0 Å². The fourth-order valence-corrected chi connectivity index (χ4v) is 21.3. The van der Waals surface area contributed by atoms with Crippen molar-refractivity contribution in [3.8, 4) is 50.7 Å². The molecule has 107 heavy (non-hydrogen) atoms. The van der Waals surface area contributed by atoms with E-state index >= 15 is 0 Å². The highest BCUT2D eigenvalue weighted by Gasteiger charge is 2.26. The smallest absolute Gasteiger partial charge is 0.236 e. The predicted molar refractivity (Wildman–Crippen MR) is 463 cm³/mol. The number of para-hydroxylation sites is 2. The van der Waals surface area contributed by atoms with E-state index in [1.54, 1.807) is 22.7 Å². The number of aromatic amines is 1. The maximum absolute atomic E-state index is 6.27. The monoisotopic (exact) mass is 1450 g/mol. The number of nitrogens with one attached hydrogen (secondary N) is 1. The van der Waals surface area contributed by atoms with Crippen molar-refractivity contribution >= 4 is 225 Å². The van der Waals surface area contributed by atoms with Crippen LogP contribution in [0.2, 0.25) is 5.28 Å². The molecule has 0 aliphatic heterocycles. The first-order valence-electron chi connectivity index (χ1n) is 35.7. The van der Waals surface area contributed by atoms with Crippen molar-refractivity contribution in [1.82, 2.24) is 29.5 Å². The van der Waals surface area contributed by atoms with Crippen LogP contribution in [0.3, 0.4) is 0 Å². The lowest BCUT2D eigenvalue weighted by atomic mass is 9.99. The van der Waals surface area contributed by atoms with Gasteiger partial charge in [0.15, 0.2) is 0 Å². The Balaban J connectivity index is 0.000000111. The summed E-state index contributed by atoms with van der Waals surface area (Å²) in [5.41, 5.74) is 13.4. The van der Waals surface area contributed by atoms with Crippen LogP contribution < -0.4 is 0 Å². The summed E-state index contributed by atoms with van der Waals surface area (Å²) in [6.07, 6.45) is 0. The molecule has 24 aromatic rings. The Bertz CT molecular complexity index is 7790. The maximum Gasteiger partial charge on any atom is 0.236 e. The average molecular weight is 1460 g/mol. The van der Waals surface area contributed by atoms with Crippen molar-refractivity contribution in [1.29, 1.82) is 0 Å². The SMILES string of the molecule is Clc1nc(-c2ccc(-c3ccc4ccccc4c3)cc2)c2c(n1)sc1ccccc12.c1ccc2c(c1)[nH]c1c2c2ccccc2c2sc3ccccc3c12.c1ccc2cc(-c3ccc(-c4nc(-n5c6ccccc6c6c7ccccc7c7sc8ccccc8c7c65)nc5sc6ccccc6c45)cc3)ccc2c1. The number of benzene rings is 16. The molecule has 24 rings (SSSR count). The second-order valence-corrected chi connectivity index (χ2v) is 31.7. The first-order chi connectivity index (χ1) is 53.0. The van der Waals surface area contributed by atoms with Gasteiger partial charge in [0.05, 0.1) is 27.9 Å². The molecule has 0 saturated carbocycles. The van der Waals surface area contributed by atoms with Gasteiger partial charge < -0.3 is 4.98 Å². The van der Waals surface area contributed by atoms with E-state index < -0.39 is 0 Å². The zero-order chi connectivity index (χ0) is 70.4. The Morgan fingerprint density at radius 1 is 0.271 bits per heavy atom. The Labute approximate surface area is 632 Å². The van der Waals surface area contributed by atoms with Crippen LogP contribution in [0.1, 0.15) is 0 Å². The van der Waals surface area contributed by atoms with Crippen LogP contribution in [-0.4, -0.2) is 29.5 Å². The maximum atomic E-state index is 6.27. The molecule has 0 radical (unpaired) electrons. The first-order valence-corrected chi connectivity index (χ1v) is 39.3. The van der Waals surface area contributed by atoms with Crippen molar-refractivity contribution in [2.75, 3.05) is 0 Å². The number of halogens is 1. The van der Waals surface area contributed by atoms with Crippen LogP contribution in [0.4, 0.5) is 0 Å². The van der Waals surface area contributed by atoms with E-state index in [1.165, 1.54) is 158 Å². The van der Waals surface area contributed by atoms with Crippen molar-refractivity contribution < 1.29 is 0 Å². The lowest BCUT2D eigenvalue weighted by molar-refractivity contribution is 1.02. The van der Waals surface area contributed by atoms with Gasteiger partial charge in [-0.2, -0.15) is 0 Å². The fraction of sp³-hybridized carbons (Fsp3) is 0. The summed E-state index contributed by atoms with van der Waals surface area (Å²) in [6.45, 7) is 0. The number of H-pyrrole nitrogens is 1. The Morgan fingerprint density at radius 2 is 0.664 bits per heavy atom. The van der Waals surface area contributed by atoms with Crippen molar-refractivity contribution in [2.45, 2.75) is 0 Å². The molecule has 0 atom stereocenters. The summed E-state index contributed by atoms with van der Waals surface area (Å²) in [5.74, 6) is 0.690. The molecule has 0 fully saturated rings. The molecular formula is C96H55ClN6S4. The van der Waals surface area contributed by atoms with Crippen LogP contribution >= 0.6 is 56.9 Å². The topological polar surface area (TPSA) is 72.3 Å². The van der Waals surface area contributed by atoms with Crippen LogP contribution in [0, 0.1) is 0 Å². The molecule has 500 valence electrons. The number of fused-ring (bicyclic) bond motifs is 28. The molecular weight excluding hydrogens is 1400 g/mol. The van der Waals surface area contributed by atoms with Gasteiger partial charge in [-0.05, 0) is 115 Å². The number of hydrogen-bond acceptors (Lipinski definition) is 8. The zero-order valence-corrected chi connectivity index (χ0v) is 60.9. The Morgan fingerprint density at radius 3 is 1.22 bits per heavy atom. The van der Waals surface area contributed by atoms with Crippen LogP contribution in [-0.2, 0) is 0 Å². The molecule has 8 heterocycles. The molecule has 1 N–H and O–H groups in total. The molecule has 0 aliphatic rings. The van der Waals surface area contributed by atoms with E-state index in [0.717, 1.165) is 54.0 Å². The molecule has 0 aliphatic carbocycles. The van der Waals surface area contributed by atoms with E-state index in [2.05, 4.69) is 341 Å². The van der Waals surface area contributed by atoms with Crippen LogP contribution in [0.25, 0.3) is 218 Å². The normalized spacial score (nSPS) is 12.0. The second kappa shape index (κ2) is 24.8. The Kier molecular flexibility index (Phi) is 14.4. The molecule has 16 aromatic carbocycles. The molecule has 0 amide bonds. The molecule has 11 heteroatoms. The highest BCUT2D eigenvalue weighted by atomic mass is 35.5. The molecule has 0 unspecified atom stereocenters. The molecule has 0 spiro atoms. The van der Waals surface area contributed by atoms with Crippen LogP contribution in [0.15, 0.2) is 328 Å². The van der Waals surface area contributed by atoms with Gasteiger partial charge >= 0.3 is 0 Å². The van der Waals surface area contributed by atoms with Crippen molar-refractivity contribution in [3.05, 3.63) is 333 Å². The van der Waals surface area contributed by atoms with Gasteiger partial charge in [-0.3, -0.25) is 4.57 Å². The second-order valence-electron chi connectivity index (χ2n) is 27.2. The summed E-state index contributed by atoms with van der Waals surface area (Å²) in [6, 6.07) is 117. The van der Waals surface area contributed by atoms with Gasteiger partial charge in [0.2, 0.25) is 11.2 Å². The minimum absolute atomic E-state index is 0.280. The number of thiophene rings is 4. The van der Waals surface area contributed by atoms with Gasteiger partial charge in [0, 0.05) is 120 Å². The summed E-state index contributed by atoms with van der Waals surface area (Å²) in [4.78, 5) is 25.7. The quantitative estimate of drug-likeness (QED) is 0.174. The largest absolute Gasteiger partial charge is 0.354 e. The lowest BCUT2D eigenvalue weighted by Gasteiger charge is -2.12. The van der Waals surface area contributed by atoms with E-state index in [-0.39, 0.29) is 5.28 Å². The highest BCUT2D eigenvalue weighted by molar-refractivity contribution is 7.27. The van der Waals surface area contributed by atoms with Gasteiger partial charge in [-0.15, -0.1) is 45.3 Å². The molecule has 8 aromatic heterocycles. The van der Waals surface area contributed by atoms with Gasteiger partial charge in [0.1, 0.15) is 9.66 Å². The predicted octanol–water partition coefficient (Wildman–Crippen LogP) is 28.8. The summed E-state index contributed by atoms with van der Waals surface area (Å²) in [5, 5.41) is 25.4. The highest BCUT2D eigenvalue weighted by Crippen LogP contribution is 2.50. The summed E-state index contributed by atoms with van der Waals surface area (Å²) in [7, 11) is 0. The summed E-state index contributed by atoms with van der Waals surface area (Å²) < 4.78 is 10.1. The first kappa shape index (κ1) is 61.9. The minimum Gasteiger partial charge on any atom is -0.354 e. The third-order valence-corrected chi connectivity index (χ3v) is 26.0. The van der Waals surface area contributed by atoms with Gasteiger partial charge in [-0.1, -0.05) is 279 Å². The fourth-order valence-electron chi connectivity index (χ4n) is 16.4. The van der Waals surface area contributed by atoms with Gasteiger partial charge in [-0.25, -0.2) is 19.9 Å². The standard InChI is InChI=1S/C48H27N3S2.C26H15ClN2S.C22H13NS/c1-2-12-31-27-32(26-23-28(31)11-1)29-21-24-30(25-22-29)44-42-36-16-6-10-20-40(36)53-47(42)50-48(49-44)51-38-18-8-5-15-35(38)41-33-13-3-4-14-34(33)46-43(45(41)51)37-17-7-9-19-39(37)52-46;27-26-28-24(23-21-7-3-4-8-22(21)30-25(23)29-26)18-12-9-17(10-13-18)20-14-11-16-5-1-2-6-19(16)15-20;1-2-8-14-13(7-1)19-15-9-3-5-11-17(15)23-21(19)20-16-10-4-6-12-18(16)24-22(14)20/h1-27H;1-15H;1-12,23H. The van der Waals surface area contributed by atoms with E-state index in [1.807, 2.05) is 28.7 Å². The van der Waals surface area contributed by atoms with E-state index in [0.29, 0.717) is 5.95 Å². The van der Waals surface area contributed by atoms with Gasteiger partial charge in [0.25, 0.3) is 0 Å². The number of rotatable bonds is 5. The minimum atomic E-state index is 0.280. The number of aromatic nitrogens is 6. The Hall–Kier alpha value is -12.5. The molecule has 6 nitrogen and oxygen atoms in total. The number of hydrogen-bond donors (Lipinski definition) is 1. The summed E-state index contributed by atoms with van der Waals surface area (Å²) >= 11 is 13.4. The molecule has 0 saturated heterocycles. The van der Waals surface area contributed by atoms with Crippen LogP contribution in [0.5, 0.6) is 0 Å².